The predicted molar refractivity (Wildman–Crippen MR) is 65.3 cm³/mol. The number of thiazole rings is 1. The van der Waals surface area contributed by atoms with E-state index in [0.717, 1.165) is 11.3 Å². The minimum atomic E-state index is -3.31. The molecule has 4 N–H and O–H groups in total. The Morgan fingerprint density at radius 1 is 1.56 bits per heavy atom. The van der Waals surface area contributed by atoms with Crippen LogP contribution >= 0.6 is 11.3 Å². The van der Waals surface area contributed by atoms with Crippen LogP contribution in [0.2, 0.25) is 0 Å². The first kappa shape index (κ1) is 13.8. The number of aliphatic hydroxyl groups is 1. The molecule has 1 aliphatic heterocycles. The second kappa shape index (κ2) is 4.22. The smallest absolute Gasteiger partial charge is 0.163 e. The molecule has 1 aliphatic rings. The lowest BCUT2D eigenvalue weighted by Gasteiger charge is -2.39. The number of hydrogen-bond donors (Lipinski definition) is 3. The fraction of sp³-hybridized carbons (Fsp3) is 0.667. The van der Waals surface area contributed by atoms with E-state index >= 15 is 0 Å². The van der Waals surface area contributed by atoms with Crippen molar-refractivity contribution in [1.29, 1.82) is 4.78 Å². The minimum absolute atomic E-state index is 0.0245. The zero-order valence-corrected chi connectivity index (χ0v) is 11.6. The van der Waals surface area contributed by atoms with Crippen molar-refractivity contribution in [2.24, 2.45) is 5.14 Å². The summed E-state index contributed by atoms with van der Waals surface area (Å²) in [5, 5.41) is 15.9. The van der Waals surface area contributed by atoms with Gasteiger partial charge in [-0.25, -0.2) is 19.1 Å². The lowest BCUT2D eigenvalue weighted by atomic mass is 10.1. The highest BCUT2D eigenvalue weighted by Crippen LogP contribution is 2.34. The van der Waals surface area contributed by atoms with Gasteiger partial charge in [-0.2, -0.15) is 0 Å². The normalized spacial score (nSPS) is 25.6. The Hall–Kier alpha value is -0.580. The van der Waals surface area contributed by atoms with Gasteiger partial charge >= 0.3 is 0 Å². The number of aromatic nitrogens is 1. The van der Waals surface area contributed by atoms with E-state index in [9.17, 15) is 9.32 Å². The predicted octanol–water partition coefficient (Wildman–Crippen LogP) is 0.393. The van der Waals surface area contributed by atoms with Gasteiger partial charge in [0.2, 0.25) is 0 Å². The first-order valence-electron chi connectivity index (χ1n) is 5.16. The van der Waals surface area contributed by atoms with Gasteiger partial charge in [0.25, 0.3) is 0 Å². The van der Waals surface area contributed by atoms with Crippen LogP contribution in [0.1, 0.15) is 18.9 Å². The summed E-state index contributed by atoms with van der Waals surface area (Å²) in [6.45, 7) is 3.54. The van der Waals surface area contributed by atoms with Crippen LogP contribution in [-0.4, -0.2) is 33.3 Å². The molecule has 0 aromatic carbocycles. The van der Waals surface area contributed by atoms with E-state index in [1.54, 1.807) is 13.8 Å². The average molecular weight is 293 g/mol. The summed E-state index contributed by atoms with van der Waals surface area (Å²) in [4.78, 5) is 3.96. The van der Waals surface area contributed by atoms with E-state index in [4.69, 9.17) is 19.4 Å². The van der Waals surface area contributed by atoms with Crippen molar-refractivity contribution in [3.05, 3.63) is 11.2 Å². The first-order chi connectivity index (χ1) is 8.12. The van der Waals surface area contributed by atoms with E-state index < -0.39 is 21.3 Å². The molecule has 0 saturated carbocycles. The van der Waals surface area contributed by atoms with E-state index in [1.807, 2.05) is 0 Å². The maximum Gasteiger partial charge on any atom is 0.163 e. The second-order valence-electron chi connectivity index (χ2n) is 4.59. The summed E-state index contributed by atoms with van der Waals surface area (Å²) in [6, 6.07) is 0. The van der Waals surface area contributed by atoms with Gasteiger partial charge in [0.05, 0.1) is 19.4 Å². The highest BCUT2D eigenvalue weighted by molar-refractivity contribution is 7.92. The molecule has 2 rings (SSSR count). The molecule has 1 atom stereocenters. The molecule has 1 unspecified atom stereocenters. The standard InChI is InChI=1S/C9H15N3O4S2/c1-8(2)15-4-9(13,5-16-8)7-12-3-6(17-7)18(10,11)14/h3,13H,4-5H2,1-2H3,(H3,10,11,14). The van der Waals surface area contributed by atoms with E-state index in [0.29, 0.717) is 5.01 Å². The molecular weight excluding hydrogens is 278 g/mol. The summed E-state index contributed by atoms with van der Waals surface area (Å²) < 4.78 is 29.5. The summed E-state index contributed by atoms with van der Waals surface area (Å²) in [5.41, 5.74) is -1.39. The van der Waals surface area contributed by atoms with Gasteiger partial charge < -0.3 is 14.6 Å². The van der Waals surface area contributed by atoms with Crippen LogP contribution in [0.25, 0.3) is 0 Å². The van der Waals surface area contributed by atoms with Gasteiger partial charge in [0.15, 0.2) is 11.4 Å². The molecular formula is C9H15N3O4S2. The van der Waals surface area contributed by atoms with Crippen LogP contribution in [-0.2, 0) is 25.0 Å². The van der Waals surface area contributed by atoms with Crippen LogP contribution in [0.5, 0.6) is 0 Å². The SMILES string of the molecule is CC1(C)OCC(O)(c2ncc(S(=N)(N)=O)s2)CO1. The number of rotatable bonds is 2. The molecule has 7 nitrogen and oxygen atoms in total. The third-order valence-electron chi connectivity index (χ3n) is 2.50. The number of nitrogens with two attached hydrogens (primary N) is 1. The maximum atomic E-state index is 11.4. The molecule has 1 aromatic heterocycles. The minimum Gasteiger partial charge on any atom is -0.378 e. The van der Waals surface area contributed by atoms with Crippen molar-refractivity contribution < 1.29 is 18.8 Å². The molecule has 0 spiro atoms. The summed E-state index contributed by atoms with van der Waals surface area (Å²) in [6.07, 6.45) is 1.24. The Morgan fingerprint density at radius 3 is 2.56 bits per heavy atom. The Bertz CT molecular complexity index is 542. The summed E-state index contributed by atoms with van der Waals surface area (Å²) in [7, 11) is -3.31. The van der Waals surface area contributed by atoms with E-state index in [2.05, 4.69) is 4.98 Å². The highest BCUT2D eigenvalue weighted by Gasteiger charge is 2.42. The van der Waals surface area contributed by atoms with Crippen LogP contribution < -0.4 is 5.14 Å². The van der Waals surface area contributed by atoms with Crippen LogP contribution in [0.15, 0.2) is 10.4 Å². The van der Waals surface area contributed by atoms with Gasteiger partial charge in [-0.3, -0.25) is 0 Å². The lowest BCUT2D eigenvalue weighted by Crippen LogP contribution is -2.49. The Morgan fingerprint density at radius 2 is 2.11 bits per heavy atom. The van der Waals surface area contributed by atoms with Crippen molar-refractivity contribution in [1.82, 2.24) is 4.98 Å². The van der Waals surface area contributed by atoms with Gasteiger partial charge in [-0.15, -0.1) is 11.3 Å². The quantitative estimate of drug-likeness (QED) is 0.729. The van der Waals surface area contributed by atoms with Crippen molar-refractivity contribution in [3.8, 4) is 0 Å². The van der Waals surface area contributed by atoms with Crippen LogP contribution in [0.4, 0.5) is 0 Å². The maximum absolute atomic E-state index is 11.4. The average Bonchev–Trinajstić information content (AvgIpc) is 2.72. The summed E-state index contributed by atoms with van der Waals surface area (Å²) in [5.74, 6) is -0.747. The molecule has 2 heterocycles. The second-order valence-corrected chi connectivity index (χ2v) is 7.52. The molecule has 0 radical (unpaired) electrons. The Balaban J connectivity index is 2.25. The molecule has 0 aliphatic carbocycles. The van der Waals surface area contributed by atoms with Crippen molar-refractivity contribution in [2.75, 3.05) is 13.2 Å². The molecule has 102 valence electrons. The van der Waals surface area contributed by atoms with Crippen molar-refractivity contribution in [2.45, 2.75) is 29.4 Å². The number of ether oxygens (including phenoxy) is 2. The molecule has 9 heteroatoms. The monoisotopic (exact) mass is 293 g/mol. The number of hydrogen-bond acceptors (Lipinski definition) is 7. The highest BCUT2D eigenvalue weighted by atomic mass is 32.2. The Kier molecular flexibility index (Phi) is 3.24. The zero-order valence-electron chi connectivity index (χ0n) is 10.0. The molecule has 1 saturated heterocycles. The number of nitrogens with one attached hydrogen (secondary N) is 1. The van der Waals surface area contributed by atoms with Gasteiger partial charge in [-0.1, -0.05) is 0 Å². The van der Waals surface area contributed by atoms with Crippen LogP contribution in [0, 0.1) is 4.78 Å². The van der Waals surface area contributed by atoms with Gasteiger partial charge in [0.1, 0.15) is 19.1 Å². The largest absolute Gasteiger partial charge is 0.378 e. The molecule has 0 amide bonds. The zero-order chi connectivity index (χ0) is 13.6. The molecule has 18 heavy (non-hydrogen) atoms. The molecule has 1 fully saturated rings. The molecule has 1 aromatic rings. The van der Waals surface area contributed by atoms with E-state index in [1.165, 1.54) is 6.20 Å². The van der Waals surface area contributed by atoms with Gasteiger partial charge in [-0.05, 0) is 13.8 Å². The fourth-order valence-corrected chi connectivity index (χ4v) is 3.06. The third kappa shape index (κ3) is 2.71. The van der Waals surface area contributed by atoms with Crippen molar-refractivity contribution >= 4 is 21.3 Å². The molecule has 0 bridgehead atoms. The summed E-state index contributed by atoms with van der Waals surface area (Å²) >= 11 is 0.936. The lowest BCUT2D eigenvalue weighted by molar-refractivity contribution is -0.304. The Labute approximate surface area is 109 Å². The van der Waals surface area contributed by atoms with Gasteiger partial charge in [0, 0.05) is 0 Å². The fourth-order valence-electron chi connectivity index (χ4n) is 1.41. The number of nitrogens with zero attached hydrogens (tertiary/aromatic N) is 1. The third-order valence-corrected chi connectivity index (χ3v) is 5.18. The first-order valence-corrected chi connectivity index (χ1v) is 7.59. The topological polar surface area (TPSA) is 119 Å². The van der Waals surface area contributed by atoms with Crippen LogP contribution in [0.3, 0.4) is 0 Å². The van der Waals surface area contributed by atoms with E-state index in [-0.39, 0.29) is 17.4 Å². The van der Waals surface area contributed by atoms with Crippen molar-refractivity contribution in [3.63, 3.8) is 0 Å².